The fourth-order valence-corrected chi connectivity index (χ4v) is 2.57. The summed E-state index contributed by atoms with van der Waals surface area (Å²) in [6.45, 7) is 7.60. The molecule has 3 nitrogen and oxygen atoms in total. The molecule has 1 aromatic carbocycles. The molecule has 1 saturated heterocycles. The van der Waals surface area contributed by atoms with Gasteiger partial charge in [0.15, 0.2) is 0 Å². The lowest BCUT2D eigenvalue weighted by molar-refractivity contribution is 0.141. The van der Waals surface area contributed by atoms with Crippen LogP contribution in [0, 0.1) is 6.92 Å². The summed E-state index contributed by atoms with van der Waals surface area (Å²) in [5.74, 6) is 1.09. The first-order valence-corrected chi connectivity index (χ1v) is 6.61. The monoisotopic (exact) mass is 244 g/mol. The number of aryl methyl sites for hydroxylation is 1. The number of hydrogen-bond acceptors (Lipinski definition) is 3. The second-order valence-corrected chi connectivity index (χ2v) is 5.29. The van der Waals surface area contributed by atoms with Crippen LogP contribution in [0.2, 0.25) is 0 Å². The largest absolute Gasteiger partial charge is 0.459 e. The SMILES string of the molecule is Cc1cccc2cc(CN3CCN(C)CC3)oc12. The van der Waals surface area contributed by atoms with Crippen molar-refractivity contribution in [2.75, 3.05) is 33.2 Å². The van der Waals surface area contributed by atoms with E-state index in [4.69, 9.17) is 4.42 Å². The normalized spacial score (nSPS) is 18.6. The molecule has 1 aliphatic rings. The smallest absolute Gasteiger partial charge is 0.137 e. The molecular formula is C15H20N2O. The number of fused-ring (bicyclic) bond motifs is 1. The highest BCUT2D eigenvalue weighted by Crippen LogP contribution is 2.23. The molecule has 0 amide bonds. The van der Waals surface area contributed by atoms with Gasteiger partial charge >= 0.3 is 0 Å². The predicted molar refractivity (Wildman–Crippen MR) is 73.7 cm³/mol. The van der Waals surface area contributed by atoms with E-state index in [9.17, 15) is 0 Å². The number of piperazine rings is 1. The zero-order chi connectivity index (χ0) is 12.5. The quantitative estimate of drug-likeness (QED) is 0.809. The van der Waals surface area contributed by atoms with Crippen molar-refractivity contribution in [3.05, 3.63) is 35.6 Å². The van der Waals surface area contributed by atoms with Gasteiger partial charge in [0.1, 0.15) is 11.3 Å². The van der Waals surface area contributed by atoms with Crippen LogP contribution in [0.25, 0.3) is 11.0 Å². The molecule has 0 aliphatic carbocycles. The van der Waals surface area contributed by atoms with Crippen LogP contribution in [0.1, 0.15) is 11.3 Å². The Balaban J connectivity index is 1.77. The lowest BCUT2D eigenvalue weighted by atomic mass is 10.2. The minimum Gasteiger partial charge on any atom is -0.459 e. The average Bonchev–Trinajstić information content (AvgIpc) is 2.76. The molecule has 0 unspecified atom stereocenters. The topological polar surface area (TPSA) is 19.6 Å². The number of nitrogens with zero attached hydrogens (tertiary/aromatic N) is 2. The van der Waals surface area contributed by atoms with Crippen molar-refractivity contribution in [3.63, 3.8) is 0 Å². The van der Waals surface area contributed by atoms with E-state index < -0.39 is 0 Å². The van der Waals surface area contributed by atoms with E-state index >= 15 is 0 Å². The van der Waals surface area contributed by atoms with E-state index in [1.54, 1.807) is 0 Å². The fourth-order valence-electron chi connectivity index (χ4n) is 2.57. The fraction of sp³-hybridized carbons (Fsp3) is 0.467. The summed E-state index contributed by atoms with van der Waals surface area (Å²) in [5.41, 5.74) is 2.26. The Morgan fingerprint density at radius 3 is 2.67 bits per heavy atom. The number of rotatable bonds is 2. The molecule has 0 atom stereocenters. The van der Waals surface area contributed by atoms with Crippen molar-refractivity contribution in [1.82, 2.24) is 9.80 Å². The van der Waals surface area contributed by atoms with Gasteiger partial charge in [-0.3, -0.25) is 4.90 Å². The molecule has 1 aromatic heterocycles. The van der Waals surface area contributed by atoms with Crippen molar-refractivity contribution < 1.29 is 4.42 Å². The molecule has 0 N–H and O–H groups in total. The van der Waals surface area contributed by atoms with Crippen LogP contribution in [0.3, 0.4) is 0 Å². The number of hydrogen-bond donors (Lipinski definition) is 0. The van der Waals surface area contributed by atoms with E-state index in [1.165, 1.54) is 10.9 Å². The molecular weight excluding hydrogens is 224 g/mol. The molecule has 96 valence electrons. The molecule has 2 heterocycles. The standard InChI is InChI=1S/C15H20N2O/c1-12-4-3-5-13-10-14(18-15(12)13)11-17-8-6-16(2)7-9-17/h3-5,10H,6-9,11H2,1-2H3. The molecule has 3 heteroatoms. The summed E-state index contributed by atoms with van der Waals surface area (Å²) in [6, 6.07) is 8.50. The van der Waals surface area contributed by atoms with Crippen LogP contribution in [0.4, 0.5) is 0 Å². The zero-order valence-electron chi connectivity index (χ0n) is 11.1. The zero-order valence-corrected chi connectivity index (χ0v) is 11.1. The van der Waals surface area contributed by atoms with Crippen LogP contribution in [-0.4, -0.2) is 43.0 Å². The minimum absolute atomic E-state index is 0.932. The Kier molecular flexibility index (Phi) is 3.10. The maximum Gasteiger partial charge on any atom is 0.137 e. The van der Waals surface area contributed by atoms with E-state index in [0.29, 0.717) is 0 Å². The van der Waals surface area contributed by atoms with Crippen LogP contribution in [0.15, 0.2) is 28.7 Å². The third kappa shape index (κ3) is 2.28. The number of para-hydroxylation sites is 1. The van der Waals surface area contributed by atoms with Crippen LogP contribution in [-0.2, 0) is 6.54 Å². The third-order valence-corrected chi connectivity index (χ3v) is 3.77. The first-order valence-electron chi connectivity index (χ1n) is 6.61. The van der Waals surface area contributed by atoms with Crippen LogP contribution >= 0.6 is 0 Å². The number of furan rings is 1. The molecule has 0 spiro atoms. The molecule has 2 aromatic rings. The molecule has 1 aliphatic heterocycles. The van der Waals surface area contributed by atoms with Crippen molar-refractivity contribution in [2.24, 2.45) is 0 Å². The Bertz CT molecular complexity index is 538. The van der Waals surface area contributed by atoms with E-state index in [2.05, 4.69) is 48.0 Å². The summed E-state index contributed by atoms with van der Waals surface area (Å²) in [7, 11) is 2.18. The van der Waals surface area contributed by atoms with Crippen molar-refractivity contribution >= 4 is 11.0 Å². The van der Waals surface area contributed by atoms with Gasteiger partial charge in [0.25, 0.3) is 0 Å². The lowest BCUT2D eigenvalue weighted by Crippen LogP contribution is -2.43. The van der Waals surface area contributed by atoms with Crippen LogP contribution in [0.5, 0.6) is 0 Å². The summed E-state index contributed by atoms with van der Waals surface area (Å²) in [4.78, 5) is 4.84. The van der Waals surface area contributed by atoms with Gasteiger partial charge in [-0.25, -0.2) is 0 Å². The van der Waals surface area contributed by atoms with E-state index in [0.717, 1.165) is 44.1 Å². The lowest BCUT2D eigenvalue weighted by Gasteiger charge is -2.31. The van der Waals surface area contributed by atoms with Gasteiger partial charge in [0, 0.05) is 31.6 Å². The maximum atomic E-state index is 5.97. The van der Waals surface area contributed by atoms with Crippen molar-refractivity contribution in [2.45, 2.75) is 13.5 Å². The minimum atomic E-state index is 0.932. The molecule has 1 fully saturated rings. The first-order chi connectivity index (χ1) is 8.72. The van der Waals surface area contributed by atoms with Gasteiger partial charge in [-0.2, -0.15) is 0 Å². The molecule has 18 heavy (non-hydrogen) atoms. The Hall–Kier alpha value is -1.32. The van der Waals surface area contributed by atoms with Gasteiger partial charge in [-0.15, -0.1) is 0 Å². The summed E-state index contributed by atoms with van der Waals surface area (Å²) in [6.07, 6.45) is 0. The van der Waals surface area contributed by atoms with Crippen molar-refractivity contribution in [3.8, 4) is 0 Å². The summed E-state index contributed by atoms with van der Waals surface area (Å²) < 4.78 is 5.97. The van der Waals surface area contributed by atoms with Gasteiger partial charge in [-0.05, 0) is 25.6 Å². The second-order valence-electron chi connectivity index (χ2n) is 5.29. The molecule has 0 bridgehead atoms. The molecule has 0 saturated carbocycles. The molecule has 3 rings (SSSR count). The van der Waals surface area contributed by atoms with Gasteiger partial charge in [0.2, 0.25) is 0 Å². The third-order valence-electron chi connectivity index (χ3n) is 3.77. The number of benzene rings is 1. The highest BCUT2D eigenvalue weighted by molar-refractivity contribution is 5.80. The molecule has 0 radical (unpaired) electrons. The summed E-state index contributed by atoms with van der Waals surface area (Å²) in [5, 5.41) is 1.22. The maximum absolute atomic E-state index is 5.97. The van der Waals surface area contributed by atoms with Gasteiger partial charge < -0.3 is 9.32 Å². The van der Waals surface area contributed by atoms with Crippen LogP contribution < -0.4 is 0 Å². The van der Waals surface area contributed by atoms with E-state index in [-0.39, 0.29) is 0 Å². The summed E-state index contributed by atoms with van der Waals surface area (Å²) >= 11 is 0. The Morgan fingerprint density at radius 1 is 1.17 bits per heavy atom. The highest BCUT2D eigenvalue weighted by Gasteiger charge is 2.15. The van der Waals surface area contributed by atoms with E-state index in [1.807, 2.05) is 0 Å². The van der Waals surface area contributed by atoms with Crippen molar-refractivity contribution in [1.29, 1.82) is 0 Å². The average molecular weight is 244 g/mol. The highest BCUT2D eigenvalue weighted by atomic mass is 16.3. The first kappa shape index (κ1) is 11.8. The van der Waals surface area contributed by atoms with Gasteiger partial charge in [-0.1, -0.05) is 18.2 Å². The second kappa shape index (κ2) is 4.75. The number of likely N-dealkylation sites (N-methyl/N-ethyl adjacent to an activating group) is 1. The predicted octanol–water partition coefficient (Wildman–Crippen LogP) is 2.49. The Morgan fingerprint density at radius 2 is 1.94 bits per heavy atom. The van der Waals surface area contributed by atoms with Gasteiger partial charge in [0.05, 0.1) is 6.54 Å². The Labute approximate surface area is 108 Å².